The van der Waals surface area contributed by atoms with Gasteiger partial charge in [-0.3, -0.25) is 0 Å². The molecule has 2 nitrogen and oxygen atoms in total. The lowest BCUT2D eigenvalue weighted by molar-refractivity contribution is 0.516. The van der Waals surface area contributed by atoms with Crippen LogP contribution in [0, 0.1) is 0 Å². The number of hydrogen-bond acceptors (Lipinski definition) is 2. The van der Waals surface area contributed by atoms with Gasteiger partial charge in [0.2, 0.25) is 0 Å². The van der Waals surface area contributed by atoms with Gasteiger partial charge < -0.3 is 10.2 Å². The van der Waals surface area contributed by atoms with Gasteiger partial charge >= 0.3 is 0 Å². The van der Waals surface area contributed by atoms with Gasteiger partial charge in [-0.25, -0.2) is 0 Å². The summed E-state index contributed by atoms with van der Waals surface area (Å²) < 4.78 is 1.17. The standard InChI is InChI=1S/C15H23BrN2/c1-4-17-11-12-6-7-13(16)10-14(12)18-9-5-8-15(18,2)3/h6-7,10,17H,4-5,8-9,11H2,1-3H3. The summed E-state index contributed by atoms with van der Waals surface area (Å²) in [5, 5.41) is 3.43. The Morgan fingerprint density at radius 1 is 1.39 bits per heavy atom. The van der Waals surface area contributed by atoms with E-state index >= 15 is 0 Å². The Balaban J connectivity index is 2.32. The first-order valence-corrected chi connectivity index (χ1v) is 7.60. The Morgan fingerprint density at radius 3 is 2.78 bits per heavy atom. The van der Waals surface area contributed by atoms with Gasteiger partial charge in [0.15, 0.2) is 0 Å². The van der Waals surface area contributed by atoms with Gasteiger partial charge in [-0.2, -0.15) is 0 Å². The van der Waals surface area contributed by atoms with Crippen LogP contribution in [0.2, 0.25) is 0 Å². The molecule has 1 saturated heterocycles. The van der Waals surface area contributed by atoms with Crippen LogP contribution in [0.15, 0.2) is 22.7 Å². The Hall–Kier alpha value is -0.540. The lowest BCUT2D eigenvalue weighted by Gasteiger charge is -2.35. The summed E-state index contributed by atoms with van der Waals surface area (Å²) in [6.07, 6.45) is 2.57. The summed E-state index contributed by atoms with van der Waals surface area (Å²) in [6, 6.07) is 6.63. The topological polar surface area (TPSA) is 15.3 Å². The van der Waals surface area contributed by atoms with Crippen LogP contribution in [0.5, 0.6) is 0 Å². The predicted molar refractivity (Wildman–Crippen MR) is 82.2 cm³/mol. The fraction of sp³-hybridized carbons (Fsp3) is 0.600. The summed E-state index contributed by atoms with van der Waals surface area (Å²) in [5.74, 6) is 0. The van der Waals surface area contributed by atoms with Crippen LogP contribution < -0.4 is 10.2 Å². The van der Waals surface area contributed by atoms with Crippen LogP contribution in [0.4, 0.5) is 5.69 Å². The highest BCUT2D eigenvalue weighted by molar-refractivity contribution is 9.10. The average Bonchev–Trinajstić information content (AvgIpc) is 2.67. The van der Waals surface area contributed by atoms with Gasteiger partial charge in [0.05, 0.1) is 0 Å². The first kappa shape index (κ1) is 13.9. The molecule has 0 spiro atoms. The van der Waals surface area contributed by atoms with E-state index in [2.05, 4.69) is 65.1 Å². The third kappa shape index (κ3) is 2.89. The SMILES string of the molecule is CCNCc1ccc(Br)cc1N1CCCC1(C)C. The van der Waals surface area contributed by atoms with Gasteiger partial charge in [-0.1, -0.05) is 28.9 Å². The van der Waals surface area contributed by atoms with E-state index in [1.54, 1.807) is 0 Å². The molecule has 1 aromatic rings. The van der Waals surface area contributed by atoms with E-state index in [4.69, 9.17) is 0 Å². The molecule has 1 aliphatic heterocycles. The third-order valence-corrected chi connectivity index (χ3v) is 4.30. The van der Waals surface area contributed by atoms with Crippen molar-refractivity contribution >= 4 is 21.6 Å². The van der Waals surface area contributed by atoms with Crippen molar-refractivity contribution in [1.29, 1.82) is 0 Å². The molecule has 0 bridgehead atoms. The van der Waals surface area contributed by atoms with E-state index in [1.165, 1.54) is 35.1 Å². The van der Waals surface area contributed by atoms with Crippen LogP contribution in [0.3, 0.4) is 0 Å². The van der Waals surface area contributed by atoms with Crippen molar-refractivity contribution < 1.29 is 0 Å². The fourth-order valence-corrected chi connectivity index (χ4v) is 3.10. The van der Waals surface area contributed by atoms with Crippen molar-refractivity contribution in [3.05, 3.63) is 28.2 Å². The van der Waals surface area contributed by atoms with Gasteiger partial charge in [-0.15, -0.1) is 0 Å². The minimum atomic E-state index is 0.280. The number of nitrogens with one attached hydrogen (secondary N) is 1. The summed E-state index contributed by atoms with van der Waals surface area (Å²) in [7, 11) is 0. The highest BCUT2D eigenvalue weighted by Gasteiger charge is 2.33. The Kier molecular flexibility index (Phi) is 4.33. The lowest BCUT2D eigenvalue weighted by Crippen LogP contribution is -2.39. The van der Waals surface area contributed by atoms with E-state index in [-0.39, 0.29) is 5.54 Å². The predicted octanol–water partition coefficient (Wildman–Crippen LogP) is 3.94. The van der Waals surface area contributed by atoms with E-state index in [1.807, 2.05) is 0 Å². The molecule has 0 atom stereocenters. The molecule has 1 aliphatic rings. The molecule has 0 unspecified atom stereocenters. The van der Waals surface area contributed by atoms with Crippen LogP contribution in [0.25, 0.3) is 0 Å². The molecule has 0 aliphatic carbocycles. The fourth-order valence-electron chi connectivity index (χ4n) is 2.75. The molecule has 0 radical (unpaired) electrons. The zero-order valence-corrected chi connectivity index (χ0v) is 13.2. The van der Waals surface area contributed by atoms with Crippen LogP contribution in [-0.2, 0) is 6.54 Å². The van der Waals surface area contributed by atoms with Gasteiger partial charge in [0.1, 0.15) is 0 Å². The molecular formula is C15H23BrN2. The molecule has 3 heteroatoms. The zero-order chi connectivity index (χ0) is 13.2. The van der Waals surface area contributed by atoms with Crippen molar-refractivity contribution in [2.45, 2.75) is 45.7 Å². The third-order valence-electron chi connectivity index (χ3n) is 3.80. The summed E-state index contributed by atoms with van der Waals surface area (Å²) in [4.78, 5) is 2.56. The molecule has 100 valence electrons. The number of rotatable bonds is 4. The number of nitrogens with zero attached hydrogens (tertiary/aromatic N) is 1. The second-order valence-corrected chi connectivity index (χ2v) is 6.54. The van der Waals surface area contributed by atoms with Crippen molar-refractivity contribution in [2.75, 3.05) is 18.0 Å². The highest BCUT2D eigenvalue weighted by atomic mass is 79.9. The number of anilines is 1. The van der Waals surface area contributed by atoms with Gasteiger partial charge in [0.25, 0.3) is 0 Å². The summed E-state index contributed by atoms with van der Waals surface area (Å²) >= 11 is 3.60. The molecule has 1 aromatic carbocycles. The maximum Gasteiger partial charge on any atom is 0.0427 e. The minimum Gasteiger partial charge on any atom is -0.366 e. The molecule has 0 amide bonds. The first-order valence-electron chi connectivity index (χ1n) is 6.81. The monoisotopic (exact) mass is 310 g/mol. The summed E-state index contributed by atoms with van der Waals surface area (Å²) in [6.45, 7) is 9.97. The van der Waals surface area contributed by atoms with Crippen molar-refractivity contribution in [2.24, 2.45) is 0 Å². The van der Waals surface area contributed by atoms with Crippen molar-refractivity contribution in [3.8, 4) is 0 Å². The van der Waals surface area contributed by atoms with Crippen LogP contribution in [-0.4, -0.2) is 18.6 Å². The summed E-state index contributed by atoms with van der Waals surface area (Å²) in [5.41, 5.74) is 3.06. The quantitative estimate of drug-likeness (QED) is 0.906. The molecule has 1 N–H and O–H groups in total. The number of hydrogen-bond donors (Lipinski definition) is 1. The van der Waals surface area contributed by atoms with E-state index in [9.17, 15) is 0 Å². The highest BCUT2D eigenvalue weighted by Crippen LogP contribution is 2.36. The van der Waals surface area contributed by atoms with E-state index in [0.717, 1.165) is 13.1 Å². The largest absolute Gasteiger partial charge is 0.366 e. The number of halogens is 1. The van der Waals surface area contributed by atoms with Gasteiger partial charge in [0, 0.05) is 28.8 Å². The normalized spacial score (nSPS) is 18.3. The Labute approximate surface area is 119 Å². The maximum atomic E-state index is 3.60. The van der Waals surface area contributed by atoms with Crippen molar-refractivity contribution in [1.82, 2.24) is 5.32 Å². The Bertz CT molecular complexity index is 415. The molecule has 1 heterocycles. The number of benzene rings is 1. The molecule has 1 fully saturated rings. The molecule has 0 aromatic heterocycles. The minimum absolute atomic E-state index is 0.280. The van der Waals surface area contributed by atoms with E-state index in [0.29, 0.717) is 0 Å². The molecule has 2 rings (SSSR count). The molecule has 18 heavy (non-hydrogen) atoms. The average molecular weight is 311 g/mol. The van der Waals surface area contributed by atoms with E-state index < -0.39 is 0 Å². The molecule has 0 saturated carbocycles. The smallest absolute Gasteiger partial charge is 0.0427 e. The lowest BCUT2D eigenvalue weighted by atomic mass is 10.0. The second-order valence-electron chi connectivity index (χ2n) is 5.62. The molecular weight excluding hydrogens is 288 g/mol. The first-order chi connectivity index (χ1) is 8.54. The van der Waals surface area contributed by atoms with Crippen LogP contribution >= 0.6 is 15.9 Å². The second kappa shape index (κ2) is 5.62. The van der Waals surface area contributed by atoms with Crippen molar-refractivity contribution in [3.63, 3.8) is 0 Å². The van der Waals surface area contributed by atoms with Crippen LogP contribution in [0.1, 0.15) is 39.2 Å². The zero-order valence-electron chi connectivity index (χ0n) is 11.6. The Morgan fingerprint density at radius 2 is 2.17 bits per heavy atom. The van der Waals surface area contributed by atoms with Gasteiger partial charge in [-0.05, 0) is 50.9 Å². The maximum absolute atomic E-state index is 3.60.